The molecule has 1 atom stereocenters. The lowest BCUT2D eigenvalue weighted by molar-refractivity contribution is 0.0897. The van der Waals surface area contributed by atoms with E-state index in [-0.39, 0.29) is 11.7 Å². The highest BCUT2D eigenvalue weighted by molar-refractivity contribution is 5.98. The minimum absolute atomic E-state index is 0.0286. The Morgan fingerprint density at radius 2 is 2.18 bits per heavy atom. The maximum Gasteiger partial charge on any atom is 0.200 e. The van der Waals surface area contributed by atoms with Crippen LogP contribution in [0.3, 0.4) is 0 Å². The quantitative estimate of drug-likeness (QED) is 0.805. The van der Waals surface area contributed by atoms with Crippen LogP contribution in [0, 0.1) is 5.92 Å². The van der Waals surface area contributed by atoms with Gasteiger partial charge in [0.2, 0.25) is 5.78 Å². The lowest BCUT2D eigenvalue weighted by Crippen LogP contribution is -2.12. The average molecular weight is 231 g/mol. The highest BCUT2D eigenvalue weighted by Gasteiger charge is 2.18. The van der Waals surface area contributed by atoms with E-state index in [9.17, 15) is 4.79 Å². The number of ketones is 1. The largest absolute Gasteiger partial charge is 0.453 e. The van der Waals surface area contributed by atoms with Gasteiger partial charge in [0.25, 0.3) is 0 Å². The number of Topliss-reactive ketones (excluding diaryl/α,β-unsaturated/α-hetero) is 1. The summed E-state index contributed by atoms with van der Waals surface area (Å²) in [6, 6.07) is 9.47. The third-order valence-electron chi connectivity index (χ3n) is 2.96. The molecule has 1 heterocycles. The first kappa shape index (κ1) is 11.9. The van der Waals surface area contributed by atoms with E-state index in [2.05, 4.69) is 0 Å². The van der Waals surface area contributed by atoms with Crippen LogP contribution in [-0.4, -0.2) is 12.3 Å². The first-order valence-electron chi connectivity index (χ1n) is 5.95. The molecule has 2 aromatic rings. The summed E-state index contributed by atoms with van der Waals surface area (Å²) in [6.45, 7) is 2.54. The standard InChI is InChI=1S/C14H17NO2/c1-10(5-4-8-15)14(16)13-9-11-6-2-3-7-12(11)17-13/h2-3,6-7,9-10H,4-5,8,15H2,1H3. The SMILES string of the molecule is CC(CCCN)C(=O)c1cc2ccccc2o1. The van der Waals surface area contributed by atoms with Crippen molar-refractivity contribution in [2.45, 2.75) is 19.8 Å². The van der Waals surface area contributed by atoms with Gasteiger partial charge >= 0.3 is 0 Å². The Balaban J connectivity index is 2.18. The van der Waals surface area contributed by atoms with Crippen LogP contribution in [-0.2, 0) is 0 Å². The molecule has 3 heteroatoms. The second-order valence-electron chi connectivity index (χ2n) is 4.34. The first-order valence-corrected chi connectivity index (χ1v) is 5.95. The Bertz CT molecular complexity index is 483. The number of hydrogen-bond acceptors (Lipinski definition) is 3. The zero-order chi connectivity index (χ0) is 12.3. The summed E-state index contributed by atoms with van der Waals surface area (Å²) >= 11 is 0. The Morgan fingerprint density at radius 3 is 2.88 bits per heavy atom. The summed E-state index contributed by atoms with van der Waals surface area (Å²) in [6.07, 6.45) is 1.68. The molecular weight excluding hydrogens is 214 g/mol. The summed E-state index contributed by atoms with van der Waals surface area (Å²) in [5.74, 6) is 0.490. The number of rotatable bonds is 5. The number of benzene rings is 1. The molecule has 0 amide bonds. The Hall–Kier alpha value is -1.61. The van der Waals surface area contributed by atoms with Crippen molar-refractivity contribution in [2.24, 2.45) is 11.7 Å². The van der Waals surface area contributed by atoms with E-state index in [4.69, 9.17) is 10.2 Å². The fraction of sp³-hybridized carbons (Fsp3) is 0.357. The number of para-hydroxylation sites is 1. The normalized spacial score (nSPS) is 12.8. The molecule has 0 saturated heterocycles. The van der Waals surface area contributed by atoms with Crippen molar-refractivity contribution in [3.63, 3.8) is 0 Å². The average Bonchev–Trinajstić information content (AvgIpc) is 2.78. The summed E-state index contributed by atoms with van der Waals surface area (Å²) < 4.78 is 5.55. The van der Waals surface area contributed by atoms with Gasteiger partial charge in [0.15, 0.2) is 5.76 Å². The van der Waals surface area contributed by atoms with Crippen molar-refractivity contribution < 1.29 is 9.21 Å². The third-order valence-corrected chi connectivity index (χ3v) is 2.96. The van der Waals surface area contributed by atoms with E-state index in [1.54, 1.807) is 0 Å². The molecule has 0 fully saturated rings. The van der Waals surface area contributed by atoms with Gasteiger partial charge in [-0.25, -0.2) is 0 Å². The molecule has 2 N–H and O–H groups in total. The molecule has 0 bridgehead atoms. The van der Waals surface area contributed by atoms with E-state index in [1.807, 2.05) is 37.3 Å². The zero-order valence-corrected chi connectivity index (χ0v) is 9.98. The van der Waals surface area contributed by atoms with Gasteiger partial charge in [-0.05, 0) is 31.5 Å². The van der Waals surface area contributed by atoms with E-state index in [1.165, 1.54) is 0 Å². The lowest BCUT2D eigenvalue weighted by Gasteiger charge is -2.06. The molecule has 0 aliphatic carbocycles. The van der Waals surface area contributed by atoms with E-state index >= 15 is 0 Å². The lowest BCUT2D eigenvalue weighted by atomic mass is 9.99. The molecule has 0 saturated carbocycles. The van der Waals surface area contributed by atoms with Crippen molar-refractivity contribution in [3.05, 3.63) is 36.1 Å². The summed E-state index contributed by atoms with van der Waals surface area (Å²) in [4.78, 5) is 12.1. The van der Waals surface area contributed by atoms with Crippen molar-refractivity contribution >= 4 is 16.8 Å². The second-order valence-corrected chi connectivity index (χ2v) is 4.34. The van der Waals surface area contributed by atoms with Gasteiger partial charge in [-0.3, -0.25) is 4.79 Å². The molecule has 1 aromatic heterocycles. The smallest absolute Gasteiger partial charge is 0.200 e. The molecule has 0 aliphatic heterocycles. The van der Waals surface area contributed by atoms with Crippen LogP contribution in [0.1, 0.15) is 30.3 Å². The minimum atomic E-state index is -0.0286. The van der Waals surface area contributed by atoms with Crippen LogP contribution in [0.5, 0.6) is 0 Å². The van der Waals surface area contributed by atoms with Gasteiger partial charge in [-0.1, -0.05) is 25.1 Å². The van der Waals surface area contributed by atoms with Crippen molar-refractivity contribution in [1.82, 2.24) is 0 Å². The van der Waals surface area contributed by atoms with Crippen LogP contribution in [0.4, 0.5) is 0 Å². The van der Waals surface area contributed by atoms with Gasteiger partial charge in [0.05, 0.1) is 0 Å². The Morgan fingerprint density at radius 1 is 1.41 bits per heavy atom. The van der Waals surface area contributed by atoms with E-state index in [0.29, 0.717) is 12.3 Å². The first-order chi connectivity index (χ1) is 8.22. The van der Waals surface area contributed by atoms with Gasteiger partial charge < -0.3 is 10.2 Å². The molecule has 0 radical (unpaired) electrons. The van der Waals surface area contributed by atoms with Gasteiger partial charge in [-0.2, -0.15) is 0 Å². The van der Waals surface area contributed by atoms with Gasteiger partial charge in [-0.15, -0.1) is 0 Å². The highest BCUT2D eigenvalue weighted by atomic mass is 16.3. The van der Waals surface area contributed by atoms with E-state index in [0.717, 1.165) is 23.8 Å². The molecular formula is C14H17NO2. The zero-order valence-electron chi connectivity index (χ0n) is 9.98. The number of hydrogen-bond donors (Lipinski definition) is 1. The minimum Gasteiger partial charge on any atom is -0.453 e. The van der Waals surface area contributed by atoms with Crippen LogP contribution < -0.4 is 5.73 Å². The maximum absolute atomic E-state index is 12.1. The number of fused-ring (bicyclic) bond motifs is 1. The van der Waals surface area contributed by atoms with Crippen molar-refractivity contribution in [2.75, 3.05) is 6.54 Å². The van der Waals surface area contributed by atoms with Crippen LogP contribution in [0.15, 0.2) is 34.7 Å². The summed E-state index contributed by atoms with van der Waals surface area (Å²) in [7, 11) is 0. The summed E-state index contributed by atoms with van der Waals surface area (Å²) in [5.41, 5.74) is 6.21. The van der Waals surface area contributed by atoms with E-state index < -0.39 is 0 Å². The number of nitrogens with two attached hydrogens (primary N) is 1. The third kappa shape index (κ3) is 2.56. The monoisotopic (exact) mass is 231 g/mol. The van der Waals surface area contributed by atoms with Crippen molar-refractivity contribution in [1.29, 1.82) is 0 Å². The molecule has 1 unspecified atom stereocenters. The molecule has 0 aliphatic rings. The molecule has 3 nitrogen and oxygen atoms in total. The number of carbonyl (C=O) groups excluding carboxylic acids is 1. The molecule has 1 aromatic carbocycles. The Labute approximate surface area is 101 Å². The van der Waals surface area contributed by atoms with Crippen LogP contribution in [0.2, 0.25) is 0 Å². The maximum atomic E-state index is 12.1. The highest BCUT2D eigenvalue weighted by Crippen LogP contribution is 2.22. The molecule has 17 heavy (non-hydrogen) atoms. The second kappa shape index (κ2) is 5.15. The fourth-order valence-electron chi connectivity index (χ4n) is 1.90. The molecule has 0 spiro atoms. The predicted octanol–water partition coefficient (Wildman–Crippen LogP) is 2.99. The van der Waals surface area contributed by atoms with Crippen LogP contribution >= 0.6 is 0 Å². The predicted molar refractivity (Wildman–Crippen MR) is 68.0 cm³/mol. The van der Waals surface area contributed by atoms with Crippen molar-refractivity contribution in [3.8, 4) is 0 Å². The van der Waals surface area contributed by atoms with Crippen LogP contribution in [0.25, 0.3) is 11.0 Å². The number of carbonyl (C=O) groups is 1. The van der Waals surface area contributed by atoms with Gasteiger partial charge in [0, 0.05) is 11.3 Å². The molecule has 2 rings (SSSR count). The summed E-state index contributed by atoms with van der Waals surface area (Å²) in [5, 5.41) is 0.974. The van der Waals surface area contributed by atoms with Gasteiger partial charge in [0.1, 0.15) is 5.58 Å². The fourth-order valence-corrected chi connectivity index (χ4v) is 1.90. The topological polar surface area (TPSA) is 56.2 Å². The molecule has 90 valence electrons. The number of furan rings is 1. The Kier molecular flexibility index (Phi) is 3.59.